The fraction of sp³-hybridized carbons (Fsp3) is 0.375. The summed E-state index contributed by atoms with van der Waals surface area (Å²) in [7, 11) is 1.60. The average Bonchev–Trinajstić information content (AvgIpc) is 3.42. The Balaban J connectivity index is 1.45. The lowest BCUT2D eigenvalue weighted by Gasteiger charge is -2.21. The molecule has 0 saturated carbocycles. The lowest BCUT2D eigenvalue weighted by molar-refractivity contribution is -0.127. The highest BCUT2D eigenvalue weighted by atomic mass is 16.5. The molecule has 2 heterocycles. The van der Waals surface area contributed by atoms with Crippen molar-refractivity contribution in [3.8, 4) is 22.9 Å². The topological polar surface area (TPSA) is 77.7 Å². The number of carbonyl (C=O) groups is 1. The number of likely N-dealkylation sites (tertiary alicyclic amines) is 1. The van der Waals surface area contributed by atoms with Crippen LogP contribution in [0.25, 0.3) is 11.4 Å². The fourth-order valence-electron chi connectivity index (χ4n) is 3.93. The first-order chi connectivity index (χ1) is 15.1. The summed E-state index contributed by atoms with van der Waals surface area (Å²) in [6.07, 6.45) is 0.385. The summed E-state index contributed by atoms with van der Waals surface area (Å²) in [4.78, 5) is 19.1. The number of hydrogen-bond acceptors (Lipinski definition) is 6. The van der Waals surface area contributed by atoms with Crippen LogP contribution in [-0.2, 0) is 4.79 Å². The standard InChI is InChI=1S/C24H27N3O4/c1-4-30-20-11-10-18(12-21(20)29-3)23-25-24(31-26-23)19-13-22(28)27(15-19)14-16(2)17-8-6-5-7-9-17/h5-12,16,19H,4,13-15H2,1-3H3. The van der Waals surface area contributed by atoms with Gasteiger partial charge in [0, 0.05) is 25.1 Å². The molecule has 4 rings (SSSR count). The average molecular weight is 421 g/mol. The summed E-state index contributed by atoms with van der Waals surface area (Å²) in [5, 5.41) is 4.13. The van der Waals surface area contributed by atoms with E-state index in [-0.39, 0.29) is 17.7 Å². The van der Waals surface area contributed by atoms with Crippen molar-refractivity contribution in [2.45, 2.75) is 32.1 Å². The number of hydrogen-bond donors (Lipinski definition) is 0. The number of benzene rings is 2. The van der Waals surface area contributed by atoms with Gasteiger partial charge in [-0.05, 0) is 36.6 Å². The van der Waals surface area contributed by atoms with Crippen molar-refractivity contribution in [1.82, 2.24) is 15.0 Å². The van der Waals surface area contributed by atoms with Gasteiger partial charge in [-0.1, -0.05) is 42.4 Å². The van der Waals surface area contributed by atoms with Crippen molar-refractivity contribution in [3.05, 3.63) is 60.0 Å². The third kappa shape index (κ3) is 4.55. The number of aromatic nitrogens is 2. The molecule has 0 N–H and O–H groups in total. The van der Waals surface area contributed by atoms with Crippen LogP contribution in [0.4, 0.5) is 0 Å². The Morgan fingerprint density at radius 2 is 2.00 bits per heavy atom. The van der Waals surface area contributed by atoms with Crippen LogP contribution in [0.1, 0.15) is 43.6 Å². The zero-order chi connectivity index (χ0) is 21.8. The van der Waals surface area contributed by atoms with Crippen molar-refractivity contribution < 1.29 is 18.8 Å². The molecule has 2 aromatic carbocycles. The van der Waals surface area contributed by atoms with Crippen molar-refractivity contribution in [2.24, 2.45) is 0 Å². The minimum Gasteiger partial charge on any atom is -0.493 e. The van der Waals surface area contributed by atoms with E-state index in [1.807, 2.05) is 48.2 Å². The van der Waals surface area contributed by atoms with Gasteiger partial charge in [-0.3, -0.25) is 4.79 Å². The molecule has 1 fully saturated rings. The number of nitrogens with zero attached hydrogens (tertiary/aromatic N) is 3. The molecule has 2 atom stereocenters. The predicted molar refractivity (Wildman–Crippen MR) is 116 cm³/mol. The monoisotopic (exact) mass is 421 g/mol. The van der Waals surface area contributed by atoms with Crippen molar-refractivity contribution >= 4 is 5.91 Å². The Bertz CT molecular complexity index is 1030. The Morgan fingerprint density at radius 1 is 1.19 bits per heavy atom. The number of methoxy groups -OCH3 is 1. The van der Waals surface area contributed by atoms with Gasteiger partial charge >= 0.3 is 0 Å². The zero-order valence-corrected chi connectivity index (χ0v) is 18.1. The molecule has 1 aliphatic rings. The number of carbonyl (C=O) groups excluding carboxylic acids is 1. The molecule has 3 aromatic rings. The molecular weight excluding hydrogens is 394 g/mol. The molecule has 0 aliphatic carbocycles. The second-order valence-corrected chi connectivity index (χ2v) is 7.77. The van der Waals surface area contributed by atoms with Gasteiger partial charge in [-0.2, -0.15) is 4.98 Å². The first-order valence-electron chi connectivity index (χ1n) is 10.6. The third-order valence-electron chi connectivity index (χ3n) is 5.59. The van der Waals surface area contributed by atoms with Gasteiger partial charge in [-0.25, -0.2) is 0 Å². The van der Waals surface area contributed by atoms with Gasteiger partial charge < -0.3 is 18.9 Å². The highest BCUT2D eigenvalue weighted by Gasteiger charge is 2.35. The number of ether oxygens (including phenoxy) is 2. The number of amides is 1. The molecular formula is C24H27N3O4. The summed E-state index contributed by atoms with van der Waals surface area (Å²) in [5.41, 5.74) is 2.00. The van der Waals surface area contributed by atoms with Crippen LogP contribution in [0, 0.1) is 0 Å². The molecule has 162 valence electrons. The van der Waals surface area contributed by atoms with Crippen LogP contribution >= 0.6 is 0 Å². The molecule has 7 heteroatoms. The molecule has 1 saturated heterocycles. The van der Waals surface area contributed by atoms with Gasteiger partial charge in [0.1, 0.15) is 0 Å². The normalized spacial score (nSPS) is 17.1. The summed E-state index contributed by atoms with van der Waals surface area (Å²) in [6.45, 7) is 5.88. The highest BCUT2D eigenvalue weighted by molar-refractivity contribution is 5.79. The molecule has 0 radical (unpaired) electrons. The van der Waals surface area contributed by atoms with E-state index in [2.05, 4.69) is 29.2 Å². The van der Waals surface area contributed by atoms with Crippen LogP contribution in [-0.4, -0.2) is 47.8 Å². The van der Waals surface area contributed by atoms with Gasteiger partial charge in [0.05, 0.1) is 19.6 Å². The van der Waals surface area contributed by atoms with Gasteiger partial charge in [0.25, 0.3) is 0 Å². The first-order valence-corrected chi connectivity index (χ1v) is 10.6. The SMILES string of the molecule is CCOc1ccc(-c2noc(C3CC(=O)N(CC(C)c4ccccc4)C3)n2)cc1OC. The van der Waals surface area contributed by atoms with Crippen LogP contribution < -0.4 is 9.47 Å². The number of rotatable bonds is 8. The highest BCUT2D eigenvalue weighted by Crippen LogP contribution is 2.33. The maximum absolute atomic E-state index is 12.6. The van der Waals surface area contributed by atoms with Gasteiger partial charge in [0.2, 0.25) is 17.6 Å². The van der Waals surface area contributed by atoms with Crippen molar-refractivity contribution in [3.63, 3.8) is 0 Å². The van der Waals surface area contributed by atoms with Crippen LogP contribution in [0.3, 0.4) is 0 Å². The van der Waals surface area contributed by atoms with Crippen LogP contribution in [0.2, 0.25) is 0 Å². The summed E-state index contributed by atoms with van der Waals surface area (Å²) in [5.74, 6) is 2.53. The minimum absolute atomic E-state index is 0.0960. The van der Waals surface area contributed by atoms with E-state index in [1.165, 1.54) is 5.56 Å². The lowest BCUT2D eigenvalue weighted by atomic mass is 10.0. The molecule has 1 amide bonds. The molecule has 1 aromatic heterocycles. The molecule has 2 unspecified atom stereocenters. The molecule has 0 spiro atoms. The van der Waals surface area contributed by atoms with E-state index in [1.54, 1.807) is 7.11 Å². The summed E-state index contributed by atoms with van der Waals surface area (Å²) < 4.78 is 16.5. The summed E-state index contributed by atoms with van der Waals surface area (Å²) >= 11 is 0. The Kier molecular flexibility index (Phi) is 6.21. The lowest BCUT2D eigenvalue weighted by Crippen LogP contribution is -2.29. The van der Waals surface area contributed by atoms with E-state index in [0.29, 0.717) is 49.3 Å². The first kappa shape index (κ1) is 20.9. The molecule has 31 heavy (non-hydrogen) atoms. The Hall–Kier alpha value is -3.35. The van der Waals surface area contributed by atoms with Gasteiger partial charge in [0.15, 0.2) is 11.5 Å². The fourth-order valence-corrected chi connectivity index (χ4v) is 3.93. The Labute approximate surface area is 182 Å². The molecule has 1 aliphatic heterocycles. The quantitative estimate of drug-likeness (QED) is 0.541. The van der Waals surface area contributed by atoms with Crippen LogP contribution in [0.15, 0.2) is 53.1 Å². The van der Waals surface area contributed by atoms with Crippen LogP contribution in [0.5, 0.6) is 11.5 Å². The maximum atomic E-state index is 12.6. The largest absolute Gasteiger partial charge is 0.493 e. The minimum atomic E-state index is -0.0960. The van der Waals surface area contributed by atoms with E-state index in [9.17, 15) is 4.79 Å². The predicted octanol–water partition coefficient (Wildman–Crippen LogP) is 4.26. The van der Waals surface area contributed by atoms with Crippen molar-refractivity contribution in [1.29, 1.82) is 0 Å². The smallest absolute Gasteiger partial charge is 0.232 e. The second-order valence-electron chi connectivity index (χ2n) is 7.77. The zero-order valence-electron chi connectivity index (χ0n) is 18.1. The van der Waals surface area contributed by atoms with Gasteiger partial charge in [-0.15, -0.1) is 0 Å². The van der Waals surface area contributed by atoms with Crippen molar-refractivity contribution in [2.75, 3.05) is 26.8 Å². The third-order valence-corrected chi connectivity index (χ3v) is 5.59. The summed E-state index contributed by atoms with van der Waals surface area (Å²) in [6, 6.07) is 15.8. The van der Waals surface area contributed by atoms with E-state index in [0.717, 1.165) is 5.56 Å². The maximum Gasteiger partial charge on any atom is 0.232 e. The molecule has 0 bridgehead atoms. The van der Waals surface area contributed by atoms with E-state index in [4.69, 9.17) is 14.0 Å². The van der Waals surface area contributed by atoms with E-state index >= 15 is 0 Å². The molecule has 7 nitrogen and oxygen atoms in total. The van der Waals surface area contributed by atoms with E-state index < -0.39 is 0 Å². The second kappa shape index (κ2) is 9.20. The Morgan fingerprint density at radius 3 is 2.74 bits per heavy atom.